The van der Waals surface area contributed by atoms with Gasteiger partial charge in [0.2, 0.25) is 0 Å². The van der Waals surface area contributed by atoms with Crippen molar-refractivity contribution >= 4 is 10.8 Å². The maximum Gasteiger partial charge on any atom is -0.00194 e. The van der Waals surface area contributed by atoms with Gasteiger partial charge in [-0.15, -0.1) is 0 Å². The van der Waals surface area contributed by atoms with E-state index in [9.17, 15) is 0 Å². The molecule has 0 atom stereocenters. The van der Waals surface area contributed by atoms with Gasteiger partial charge >= 0.3 is 0 Å². The van der Waals surface area contributed by atoms with Crippen molar-refractivity contribution in [3.63, 3.8) is 0 Å². The van der Waals surface area contributed by atoms with Gasteiger partial charge in [0.05, 0.1) is 0 Å². The summed E-state index contributed by atoms with van der Waals surface area (Å²) in [5.74, 6) is 0. The minimum absolute atomic E-state index is 0.936. The van der Waals surface area contributed by atoms with Crippen LogP contribution < -0.4 is 0 Å². The summed E-state index contributed by atoms with van der Waals surface area (Å²) >= 11 is 0. The smallest absolute Gasteiger partial charge is 0.00194 e. The first-order chi connectivity index (χ1) is 15.3. The van der Waals surface area contributed by atoms with Gasteiger partial charge in [0.15, 0.2) is 0 Å². The first-order valence-electron chi connectivity index (χ1n) is 11.0. The Balaban J connectivity index is 1.58. The Morgan fingerprint density at radius 1 is 0.484 bits per heavy atom. The van der Waals surface area contributed by atoms with Gasteiger partial charge in [0.25, 0.3) is 0 Å². The van der Waals surface area contributed by atoms with E-state index in [-0.39, 0.29) is 0 Å². The minimum Gasteiger partial charge on any atom is -0.0622 e. The third-order valence-electron chi connectivity index (χ3n) is 6.12. The molecule has 0 unspecified atom stereocenters. The highest BCUT2D eigenvalue weighted by Crippen LogP contribution is 2.31. The lowest BCUT2D eigenvalue weighted by molar-refractivity contribution is 1.16. The Bertz CT molecular complexity index is 1320. The molecule has 0 N–H and O–H groups in total. The van der Waals surface area contributed by atoms with Gasteiger partial charge in [-0.05, 0) is 69.5 Å². The first-order valence-corrected chi connectivity index (χ1v) is 11.0. The predicted octanol–water partition coefficient (Wildman–Crippen LogP) is 8.00. The highest BCUT2D eigenvalue weighted by molar-refractivity contribution is 5.86. The van der Waals surface area contributed by atoms with Crippen LogP contribution in [0, 0.1) is 6.92 Å². The van der Waals surface area contributed by atoms with Crippen LogP contribution in [0.5, 0.6) is 0 Å². The van der Waals surface area contributed by atoms with E-state index in [0.29, 0.717) is 0 Å². The molecule has 150 valence electrons. The molecule has 0 heterocycles. The molecular weight excluding hydrogens is 372 g/mol. The summed E-state index contributed by atoms with van der Waals surface area (Å²) < 4.78 is 0. The van der Waals surface area contributed by atoms with Crippen molar-refractivity contribution in [3.8, 4) is 11.1 Å². The van der Waals surface area contributed by atoms with Crippen LogP contribution in [0.15, 0.2) is 115 Å². The molecule has 0 aliphatic rings. The van der Waals surface area contributed by atoms with Crippen molar-refractivity contribution in [3.05, 3.63) is 143 Å². The largest absolute Gasteiger partial charge is 0.0622 e. The van der Waals surface area contributed by atoms with Crippen molar-refractivity contribution in [2.24, 2.45) is 0 Å². The summed E-state index contributed by atoms with van der Waals surface area (Å²) in [6.45, 7) is 2.21. The monoisotopic (exact) mass is 398 g/mol. The molecule has 0 nitrogen and oxygen atoms in total. The van der Waals surface area contributed by atoms with Gasteiger partial charge in [-0.25, -0.2) is 0 Å². The third kappa shape index (κ3) is 4.15. The second-order valence-corrected chi connectivity index (χ2v) is 8.28. The minimum atomic E-state index is 0.936. The van der Waals surface area contributed by atoms with Gasteiger partial charge < -0.3 is 0 Å². The molecule has 0 fully saturated rings. The maximum absolute atomic E-state index is 2.41. The summed E-state index contributed by atoms with van der Waals surface area (Å²) in [4.78, 5) is 0. The van der Waals surface area contributed by atoms with Crippen molar-refractivity contribution in [2.45, 2.75) is 19.8 Å². The molecule has 0 radical (unpaired) electrons. The molecule has 5 aromatic carbocycles. The fourth-order valence-corrected chi connectivity index (χ4v) is 4.50. The highest BCUT2D eigenvalue weighted by Gasteiger charge is 2.11. The van der Waals surface area contributed by atoms with Crippen molar-refractivity contribution in [1.29, 1.82) is 0 Å². The standard InChI is InChI=1S/C31H26/c1-23-10-5-7-16-29(23)31-22-25(18-19-28(31)20-24-11-3-2-4-12-24)21-27-15-9-14-26-13-6-8-17-30(26)27/h2-19,22H,20-21H2,1H3. The van der Waals surface area contributed by atoms with E-state index < -0.39 is 0 Å². The second kappa shape index (κ2) is 8.62. The molecular formula is C31H26. The quantitative estimate of drug-likeness (QED) is 0.281. The van der Waals surface area contributed by atoms with Crippen molar-refractivity contribution in [2.75, 3.05) is 0 Å². The van der Waals surface area contributed by atoms with Crippen LogP contribution >= 0.6 is 0 Å². The van der Waals surface area contributed by atoms with Crippen LogP contribution in [0.4, 0.5) is 0 Å². The number of rotatable bonds is 5. The van der Waals surface area contributed by atoms with Gasteiger partial charge in [0.1, 0.15) is 0 Å². The van der Waals surface area contributed by atoms with Crippen molar-refractivity contribution in [1.82, 2.24) is 0 Å². The van der Waals surface area contributed by atoms with Gasteiger partial charge in [-0.1, -0.05) is 115 Å². The van der Waals surface area contributed by atoms with Crippen LogP contribution in [-0.4, -0.2) is 0 Å². The number of benzene rings is 5. The van der Waals surface area contributed by atoms with E-state index in [1.54, 1.807) is 0 Å². The molecule has 0 aromatic heterocycles. The lowest BCUT2D eigenvalue weighted by Gasteiger charge is -2.15. The molecule has 0 saturated carbocycles. The number of hydrogen-bond acceptors (Lipinski definition) is 0. The highest BCUT2D eigenvalue weighted by atomic mass is 14.2. The fraction of sp³-hybridized carbons (Fsp3) is 0.0968. The average molecular weight is 399 g/mol. The van der Waals surface area contributed by atoms with E-state index in [0.717, 1.165) is 12.8 Å². The van der Waals surface area contributed by atoms with Crippen LogP contribution in [0.1, 0.15) is 27.8 Å². The Hall–Kier alpha value is -3.64. The second-order valence-electron chi connectivity index (χ2n) is 8.28. The van der Waals surface area contributed by atoms with E-state index in [4.69, 9.17) is 0 Å². The number of hydrogen-bond donors (Lipinski definition) is 0. The topological polar surface area (TPSA) is 0 Å². The molecule has 5 aromatic rings. The average Bonchev–Trinajstić information content (AvgIpc) is 2.81. The zero-order chi connectivity index (χ0) is 21.0. The normalized spacial score (nSPS) is 11.0. The van der Waals surface area contributed by atoms with Crippen molar-refractivity contribution < 1.29 is 0 Å². The summed E-state index contributed by atoms with van der Waals surface area (Å²) in [5.41, 5.74) is 9.45. The van der Waals surface area contributed by atoms with Crippen LogP contribution in [-0.2, 0) is 12.8 Å². The third-order valence-corrected chi connectivity index (χ3v) is 6.12. The van der Waals surface area contributed by atoms with Gasteiger partial charge in [0, 0.05) is 0 Å². The van der Waals surface area contributed by atoms with Crippen LogP contribution in [0.3, 0.4) is 0 Å². The molecule has 31 heavy (non-hydrogen) atoms. The molecule has 0 aliphatic carbocycles. The fourth-order valence-electron chi connectivity index (χ4n) is 4.50. The Labute approximate surface area is 184 Å². The zero-order valence-corrected chi connectivity index (χ0v) is 17.9. The molecule has 0 bridgehead atoms. The SMILES string of the molecule is Cc1ccccc1-c1cc(Cc2cccc3ccccc23)ccc1Cc1ccccc1. The summed E-state index contributed by atoms with van der Waals surface area (Å²) in [6.07, 6.45) is 1.88. The Morgan fingerprint density at radius 3 is 2.06 bits per heavy atom. The predicted molar refractivity (Wildman–Crippen MR) is 133 cm³/mol. The number of aryl methyl sites for hydroxylation is 1. The Morgan fingerprint density at radius 2 is 1.19 bits per heavy atom. The van der Waals surface area contributed by atoms with Crippen LogP contribution in [0.25, 0.3) is 21.9 Å². The molecule has 0 heteroatoms. The molecule has 0 spiro atoms. The maximum atomic E-state index is 2.41. The summed E-state index contributed by atoms with van der Waals surface area (Å²) in [5, 5.41) is 2.65. The van der Waals surface area contributed by atoms with E-state index in [1.165, 1.54) is 49.7 Å². The first kappa shape index (κ1) is 19.3. The van der Waals surface area contributed by atoms with E-state index >= 15 is 0 Å². The van der Waals surface area contributed by atoms with E-state index in [2.05, 4.69) is 122 Å². The summed E-state index contributed by atoms with van der Waals surface area (Å²) in [7, 11) is 0. The van der Waals surface area contributed by atoms with E-state index in [1.807, 2.05) is 0 Å². The lowest BCUT2D eigenvalue weighted by atomic mass is 9.89. The van der Waals surface area contributed by atoms with Gasteiger partial charge in [-0.3, -0.25) is 0 Å². The molecule has 0 aliphatic heterocycles. The molecule has 0 amide bonds. The van der Waals surface area contributed by atoms with Crippen LogP contribution in [0.2, 0.25) is 0 Å². The molecule has 0 saturated heterocycles. The zero-order valence-electron chi connectivity index (χ0n) is 17.9. The Kier molecular flexibility index (Phi) is 5.37. The lowest BCUT2D eigenvalue weighted by Crippen LogP contribution is -1.97. The molecule has 5 rings (SSSR count). The van der Waals surface area contributed by atoms with Gasteiger partial charge in [-0.2, -0.15) is 0 Å². The number of fused-ring (bicyclic) bond motifs is 1. The summed E-state index contributed by atoms with van der Waals surface area (Å²) in [6, 6.07) is 41.8.